The zero-order chi connectivity index (χ0) is 19.2. The molecule has 7 heteroatoms. The first-order chi connectivity index (χ1) is 12.2. The molecular weight excluding hydrogens is 350 g/mol. The highest BCUT2D eigenvalue weighted by Gasteiger charge is 2.28. The molecule has 1 aromatic carbocycles. The van der Waals surface area contributed by atoms with E-state index in [0.29, 0.717) is 5.69 Å². The van der Waals surface area contributed by atoms with Crippen molar-refractivity contribution in [2.75, 3.05) is 17.0 Å². The largest absolute Gasteiger partial charge is 0.335 e. The van der Waals surface area contributed by atoms with Gasteiger partial charge >= 0.3 is 0 Å². The molecule has 0 saturated heterocycles. The topological polar surface area (TPSA) is 79.4 Å². The summed E-state index contributed by atoms with van der Waals surface area (Å²) < 4.78 is 27.3. The highest BCUT2D eigenvalue weighted by atomic mass is 32.2. The summed E-state index contributed by atoms with van der Waals surface area (Å²) in [6.45, 7) is 5.82. The number of anilines is 1. The Morgan fingerprint density at radius 1 is 1.08 bits per heavy atom. The average Bonchev–Trinajstić information content (AvgIpc) is 2.58. The van der Waals surface area contributed by atoms with E-state index in [1.807, 2.05) is 39.0 Å². The Labute approximate surface area is 155 Å². The molecule has 0 spiro atoms. The van der Waals surface area contributed by atoms with Gasteiger partial charge in [-0.15, -0.1) is 0 Å². The van der Waals surface area contributed by atoms with Crippen LogP contribution in [0.5, 0.6) is 0 Å². The number of hydrogen-bond donors (Lipinski definition) is 1. The number of benzene rings is 1. The van der Waals surface area contributed by atoms with Crippen molar-refractivity contribution in [2.45, 2.75) is 27.3 Å². The van der Waals surface area contributed by atoms with Crippen LogP contribution in [0.3, 0.4) is 0 Å². The predicted octanol–water partition coefficient (Wildman–Crippen LogP) is 2.90. The SMILES string of the molecule is CC(C)(C)C(=O)N(CCS(=O)(=O)Nc1ccccc1)Cc1ccccn1. The molecule has 1 aromatic heterocycles. The molecule has 0 bridgehead atoms. The lowest BCUT2D eigenvalue weighted by atomic mass is 9.94. The lowest BCUT2D eigenvalue weighted by Crippen LogP contribution is -2.42. The van der Waals surface area contributed by atoms with E-state index in [9.17, 15) is 13.2 Å². The normalized spacial score (nSPS) is 11.8. The Balaban J connectivity index is 2.09. The van der Waals surface area contributed by atoms with Crippen LogP contribution in [-0.2, 0) is 21.4 Å². The Morgan fingerprint density at radius 3 is 2.31 bits per heavy atom. The fourth-order valence-corrected chi connectivity index (χ4v) is 3.44. The zero-order valence-corrected chi connectivity index (χ0v) is 16.2. The molecule has 0 radical (unpaired) electrons. The van der Waals surface area contributed by atoms with Crippen LogP contribution >= 0.6 is 0 Å². The molecule has 1 N–H and O–H groups in total. The van der Waals surface area contributed by atoms with E-state index < -0.39 is 15.4 Å². The monoisotopic (exact) mass is 375 g/mol. The molecule has 0 aliphatic heterocycles. The lowest BCUT2D eigenvalue weighted by molar-refractivity contribution is -0.139. The smallest absolute Gasteiger partial charge is 0.234 e. The third-order valence-electron chi connectivity index (χ3n) is 3.68. The van der Waals surface area contributed by atoms with E-state index in [4.69, 9.17) is 0 Å². The van der Waals surface area contributed by atoms with Gasteiger partial charge in [-0.1, -0.05) is 45.0 Å². The highest BCUT2D eigenvalue weighted by Crippen LogP contribution is 2.19. The third kappa shape index (κ3) is 6.15. The van der Waals surface area contributed by atoms with Crippen LogP contribution in [0.15, 0.2) is 54.7 Å². The minimum atomic E-state index is -3.57. The molecule has 0 fully saturated rings. The summed E-state index contributed by atoms with van der Waals surface area (Å²) in [5, 5.41) is 0. The van der Waals surface area contributed by atoms with Crippen molar-refractivity contribution in [3.05, 3.63) is 60.4 Å². The molecule has 6 nitrogen and oxygen atoms in total. The van der Waals surface area contributed by atoms with E-state index >= 15 is 0 Å². The maximum absolute atomic E-state index is 12.7. The van der Waals surface area contributed by atoms with Gasteiger partial charge in [0.25, 0.3) is 0 Å². The number of sulfonamides is 1. The molecule has 140 valence electrons. The van der Waals surface area contributed by atoms with Crippen LogP contribution < -0.4 is 4.72 Å². The standard InChI is InChI=1S/C19H25N3O3S/c1-19(2,3)18(23)22(15-17-11-7-8-12-20-17)13-14-26(24,25)21-16-9-5-4-6-10-16/h4-12,21H,13-15H2,1-3H3. The summed E-state index contributed by atoms with van der Waals surface area (Å²) >= 11 is 0. The maximum Gasteiger partial charge on any atom is 0.234 e. The van der Waals surface area contributed by atoms with Gasteiger partial charge in [0, 0.05) is 23.8 Å². The number of para-hydroxylation sites is 1. The van der Waals surface area contributed by atoms with Gasteiger partial charge < -0.3 is 4.90 Å². The summed E-state index contributed by atoms with van der Waals surface area (Å²) in [7, 11) is -3.57. The fraction of sp³-hybridized carbons (Fsp3) is 0.368. The molecule has 0 unspecified atom stereocenters. The summed E-state index contributed by atoms with van der Waals surface area (Å²) in [5.74, 6) is -0.297. The summed E-state index contributed by atoms with van der Waals surface area (Å²) in [6, 6.07) is 14.2. The summed E-state index contributed by atoms with van der Waals surface area (Å²) in [6.07, 6.45) is 1.66. The number of rotatable bonds is 7. The summed E-state index contributed by atoms with van der Waals surface area (Å²) in [4.78, 5) is 18.5. The van der Waals surface area contributed by atoms with Gasteiger partial charge in [0.05, 0.1) is 18.0 Å². The Morgan fingerprint density at radius 2 is 1.73 bits per heavy atom. The van der Waals surface area contributed by atoms with Crippen LogP contribution in [-0.4, -0.2) is 36.5 Å². The first-order valence-electron chi connectivity index (χ1n) is 8.42. The van der Waals surface area contributed by atoms with E-state index in [-0.39, 0.29) is 24.7 Å². The zero-order valence-electron chi connectivity index (χ0n) is 15.3. The van der Waals surface area contributed by atoms with Gasteiger partial charge in [-0.05, 0) is 24.3 Å². The van der Waals surface area contributed by atoms with Crippen molar-refractivity contribution in [3.63, 3.8) is 0 Å². The van der Waals surface area contributed by atoms with Crippen LogP contribution in [0.4, 0.5) is 5.69 Å². The van der Waals surface area contributed by atoms with Crippen molar-refractivity contribution < 1.29 is 13.2 Å². The lowest BCUT2D eigenvalue weighted by Gasteiger charge is -2.29. The molecular formula is C19H25N3O3S. The van der Waals surface area contributed by atoms with E-state index in [0.717, 1.165) is 5.69 Å². The fourth-order valence-electron chi connectivity index (χ4n) is 2.38. The molecule has 0 aliphatic rings. The van der Waals surface area contributed by atoms with Gasteiger partial charge in [-0.2, -0.15) is 0 Å². The van der Waals surface area contributed by atoms with Gasteiger partial charge in [-0.3, -0.25) is 14.5 Å². The Bertz CT molecular complexity index is 816. The Kier molecular flexibility index (Phi) is 6.37. The average molecular weight is 375 g/mol. The molecule has 2 aromatic rings. The molecule has 0 aliphatic carbocycles. The summed E-state index contributed by atoms with van der Waals surface area (Å²) in [5.41, 5.74) is 0.621. The van der Waals surface area contributed by atoms with Gasteiger partial charge in [0.2, 0.25) is 15.9 Å². The van der Waals surface area contributed by atoms with E-state index in [1.165, 1.54) is 0 Å². The van der Waals surface area contributed by atoms with Crippen molar-refractivity contribution >= 4 is 21.6 Å². The van der Waals surface area contributed by atoms with Crippen LogP contribution in [0.1, 0.15) is 26.5 Å². The molecule has 1 amide bonds. The maximum atomic E-state index is 12.7. The second-order valence-electron chi connectivity index (χ2n) is 7.08. The van der Waals surface area contributed by atoms with Crippen molar-refractivity contribution in [1.82, 2.24) is 9.88 Å². The molecule has 1 heterocycles. The number of carbonyl (C=O) groups is 1. The number of nitrogens with one attached hydrogen (secondary N) is 1. The molecule has 0 saturated carbocycles. The van der Waals surface area contributed by atoms with Crippen LogP contribution in [0.2, 0.25) is 0 Å². The van der Waals surface area contributed by atoms with Crippen molar-refractivity contribution in [1.29, 1.82) is 0 Å². The van der Waals surface area contributed by atoms with Crippen LogP contribution in [0, 0.1) is 5.41 Å². The molecule has 26 heavy (non-hydrogen) atoms. The van der Waals surface area contributed by atoms with Crippen LogP contribution in [0.25, 0.3) is 0 Å². The number of hydrogen-bond acceptors (Lipinski definition) is 4. The second-order valence-corrected chi connectivity index (χ2v) is 8.93. The van der Waals surface area contributed by atoms with Crippen molar-refractivity contribution in [2.24, 2.45) is 5.41 Å². The third-order valence-corrected chi connectivity index (χ3v) is 4.95. The minimum Gasteiger partial charge on any atom is -0.335 e. The number of amides is 1. The predicted molar refractivity (Wildman–Crippen MR) is 103 cm³/mol. The van der Waals surface area contributed by atoms with Gasteiger partial charge in [0.15, 0.2) is 0 Å². The number of nitrogens with zero attached hydrogens (tertiary/aromatic N) is 2. The van der Waals surface area contributed by atoms with Gasteiger partial charge in [-0.25, -0.2) is 8.42 Å². The Hall–Kier alpha value is -2.41. The van der Waals surface area contributed by atoms with Gasteiger partial charge in [0.1, 0.15) is 0 Å². The number of carbonyl (C=O) groups excluding carboxylic acids is 1. The van der Waals surface area contributed by atoms with E-state index in [1.54, 1.807) is 41.4 Å². The number of pyridine rings is 1. The molecule has 0 atom stereocenters. The second kappa shape index (κ2) is 8.31. The first kappa shape index (κ1) is 19.9. The van der Waals surface area contributed by atoms with Crippen molar-refractivity contribution in [3.8, 4) is 0 Å². The quantitative estimate of drug-likeness (QED) is 0.807. The van der Waals surface area contributed by atoms with E-state index in [2.05, 4.69) is 9.71 Å². The number of aromatic nitrogens is 1. The molecule has 2 rings (SSSR count). The first-order valence-corrected chi connectivity index (χ1v) is 10.1. The minimum absolute atomic E-state index is 0.0921. The highest BCUT2D eigenvalue weighted by molar-refractivity contribution is 7.92.